The molecule has 4 nitrogen and oxygen atoms in total. The third-order valence-corrected chi connectivity index (χ3v) is 5.17. The second-order valence-corrected chi connectivity index (χ2v) is 6.81. The van der Waals surface area contributed by atoms with Gasteiger partial charge in [0.15, 0.2) is 0 Å². The van der Waals surface area contributed by atoms with Crippen LogP contribution in [0.3, 0.4) is 0 Å². The Labute approximate surface area is 144 Å². The number of benzene rings is 1. The van der Waals surface area contributed by atoms with E-state index in [4.69, 9.17) is 0 Å². The minimum Gasteiger partial charge on any atom is -0.339 e. The fraction of sp³-hybridized carbons (Fsp3) is 0.500. The number of anilines is 1. The lowest BCUT2D eigenvalue weighted by molar-refractivity contribution is -0.127. The zero-order chi connectivity index (χ0) is 16.9. The summed E-state index contributed by atoms with van der Waals surface area (Å²) in [7, 11) is 1.91. The Kier molecular flexibility index (Phi) is 5.34. The molecule has 3 rings (SSSR count). The van der Waals surface area contributed by atoms with E-state index in [0.29, 0.717) is 12.5 Å². The average Bonchev–Trinajstić information content (AvgIpc) is 3.06. The first-order chi connectivity index (χ1) is 11.6. The number of rotatable bonds is 4. The normalized spacial score (nSPS) is 19.2. The Hall–Kier alpha value is -2.10. The molecule has 1 saturated heterocycles. The van der Waals surface area contributed by atoms with Crippen molar-refractivity contribution in [3.8, 4) is 0 Å². The topological polar surface area (TPSA) is 40.6 Å². The lowest BCUT2D eigenvalue weighted by Gasteiger charge is -2.30. The average molecular weight is 326 g/mol. The van der Waals surface area contributed by atoms with Gasteiger partial charge >= 0.3 is 0 Å². The summed E-state index contributed by atoms with van der Waals surface area (Å²) in [6.07, 6.45) is 11.1. The molecule has 24 heavy (non-hydrogen) atoms. The molecule has 128 valence electrons. The molecule has 0 radical (unpaired) electrons. The van der Waals surface area contributed by atoms with Crippen LogP contribution in [0, 0.1) is 0 Å². The van der Waals surface area contributed by atoms with Crippen LogP contribution in [0.15, 0.2) is 30.3 Å². The van der Waals surface area contributed by atoms with E-state index in [9.17, 15) is 9.59 Å². The predicted molar refractivity (Wildman–Crippen MR) is 96.7 cm³/mol. The van der Waals surface area contributed by atoms with Crippen molar-refractivity contribution < 1.29 is 9.59 Å². The SMILES string of the molecule is CN(C(=O)C=Cc1ccc(N2CCCC2=O)cc1)C1CCCCC1. The molecule has 0 spiro atoms. The predicted octanol–water partition coefficient (Wildman–Crippen LogP) is 3.62. The molecule has 1 saturated carbocycles. The second-order valence-electron chi connectivity index (χ2n) is 6.81. The van der Waals surface area contributed by atoms with Crippen LogP contribution < -0.4 is 4.90 Å². The van der Waals surface area contributed by atoms with Gasteiger partial charge in [-0.15, -0.1) is 0 Å². The van der Waals surface area contributed by atoms with E-state index in [1.165, 1.54) is 19.3 Å². The van der Waals surface area contributed by atoms with E-state index in [1.54, 1.807) is 6.08 Å². The van der Waals surface area contributed by atoms with Crippen LogP contribution in [0.4, 0.5) is 5.69 Å². The number of carbonyl (C=O) groups excluding carboxylic acids is 2. The molecule has 2 fully saturated rings. The van der Waals surface area contributed by atoms with E-state index in [1.807, 2.05) is 47.2 Å². The summed E-state index contributed by atoms with van der Waals surface area (Å²) >= 11 is 0. The zero-order valence-corrected chi connectivity index (χ0v) is 14.4. The first-order valence-electron chi connectivity index (χ1n) is 9.00. The fourth-order valence-corrected chi connectivity index (χ4v) is 3.62. The minimum absolute atomic E-state index is 0.0701. The van der Waals surface area contributed by atoms with Gasteiger partial charge in [-0.05, 0) is 43.0 Å². The van der Waals surface area contributed by atoms with Gasteiger partial charge in [0.05, 0.1) is 0 Å². The van der Waals surface area contributed by atoms with Crippen LogP contribution in [0.25, 0.3) is 6.08 Å². The van der Waals surface area contributed by atoms with Gasteiger partial charge in [-0.3, -0.25) is 9.59 Å². The van der Waals surface area contributed by atoms with E-state index < -0.39 is 0 Å². The molecule has 2 aliphatic rings. The lowest BCUT2D eigenvalue weighted by atomic mass is 9.94. The van der Waals surface area contributed by atoms with Gasteiger partial charge in [0.1, 0.15) is 0 Å². The summed E-state index contributed by atoms with van der Waals surface area (Å²) in [5.74, 6) is 0.267. The minimum atomic E-state index is 0.0701. The van der Waals surface area contributed by atoms with Crippen molar-refractivity contribution in [2.45, 2.75) is 51.0 Å². The Balaban J connectivity index is 1.59. The molecule has 1 heterocycles. The molecule has 0 N–H and O–H groups in total. The highest BCUT2D eigenvalue weighted by atomic mass is 16.2. The van der Waals surface area contributed by atoms with E-state index >= 15 is 0 Å². The molecule has 2 amide bonds. The highest BCUT2D eigenvalue weighted by molar-refractivity contribution is 5.95. The Morgan fingerprint density at radius 1 is 1.12 bits per heavy atom. The van der Waals surface area contributed by atoms with Crippen molar-refractivity contribution in [3.05, 3.63) is 35.9 Å². The maximum absolute atomic E-state index is 12.3. The molecule has 0 atom stereocenters. The van der Waals surface area contributed by atoms with Crippen LogP contribution in [0.5, 0.6) is 0 Å². The fourth-order valence-electron chi connectivity index (χ4n) is 3.62. The van der Waals surface area contributed by atoms with Crippen molar-refractivity contribution >= 4 is 23.6 Å². The molecule has 1 aliphatic heterocycles. The highest BCUT2D eigenvalue weighted by Crippen LogP contribution is 2.23. The van der Waals surface area contributed by atoms with E-state index in [0.717, 1.165) is 37.1 Å². The first kappa shape index (κ1) is 16.7. The number of hydrogen-bond acceptors (Lipinski definition) is 2. The van der Waals surface area contributed by atoms with Crippen LogP contribution in [-0.2, 0) is 9.59 Å². The quantitative estimate of drug-likeness (QED) is 0.793. The van der Waals surface area contributed by atoms with Gasteiger partial charge in [0.25, 0.3) is 0 Å². The second kappa shape index (κ2) is 7.65. The molecule has 1 aromatic rings. The number of carbonyl (C=O) groups is 2. The van der Waals surface area contributed by atoms with Gasteiger partial charge in [-0.1, -0.05) is 31.4 Å². The maximum atomic E-state index is 12.3. The van der Waals surface area contributed by atoms with Crippen LogP contribution in [-0.4, -0.2) is 36.3 Å². The molecular weight excluding hydrogens is 300 g/mol. The van der Waals surface area contributed by atoms with Crippen molar-refractivity contribution in [2.75, 3.05) is 18.5 Å². The summed E-state index contributed by atoms with van der Waals surface area (Å²) in [4.78, 5) is 27.8. The van der Waals surface area contributed by atoms with Gasteiger partial charge < -0.3 is 9.80 Å². The third kappa shape index (κ3) is 3.86. The number of likely N-dealkylation sites (N-methyl/N-ethyl adjacent to an activating group) is 1. The highest BCUT2D eigenvalue weighted by Gasteiger charge is 2.22. The molecule has 4 heteroatoms. The summed E-state index contributed by atoms with van der Waals surface area (Å²) in [5, 5.41) is 0. The summed E-state index contributed by atoms with van der Waals surface area (Å²) < 4.78 is 0. The molecule has 0 bridgehead atoms. The van der Waals surface area contributed by atoms with Gasteiger partial charge in [-0.25, -0.2) is 0 Å². The number of amides is 2. The Morgan fingerprint density at radius 3 is 2.46 bits per heavy atom. The first-order valence-corrected chi connectivity index (χ1v) is 9.00. The third-order valence-electron chi connectivity index (χ3n) is 5.17. The Morgan fingerprint density at radius 2 is 1.83 bits per heavy atom. The summed E-state index contributed by atoms with van der Waals surface area (Å²) in [6.45, 7) is 0.804. The van der Waals surface area contributed by atoms with Gasteiger partial charge in [-0.2, -0.15) is 0 Å². The maximum Gasteiger partial charge on any atom is 0.246 e. The smallest absolute Gasteiger partial charge is 0.246 e. The van der Waals surface area contributed by atoms with Gasteiger partial charge in [0.2, 0.25) is 11.8 Å². The molecule has 0 unspecified atom stereocenters. The van der Waals surface area contributed by atoms with Crippen LogP contribution >= 0.6 is 0 Å². The van der Waals surface area contributed by atoms with Gasteiger partial charge in [0, 0.05) is 37.8 Å². The largest absolute Gasteiger partial charge is 0.339 e. The van der Waals surface area contributed by atoms with Crippen molar-refractivity contribution in [1.29, 1.82) is 0 Å². The summed E-state index contributed by atoms with van der Waals surface area (Å²) in [5.41, 5.74) is 1.93. The molecule has 1 aromatic carbocycles. The van der Waals surface area contributed by atoms with E-state index in [-0.39, 0.29) is 11.8 Å². The molecular formula is C20H26N2O2. The zero-order valence-electron chi connectivity index (χ0n) is 14.4. The van der Waals surface area contributed by atoms with Crippen molar-refractivity contribution in [2.24, 2.45) is 0 Å². The van der Waals surface area contributed by atoms with Crippen LogP contribution in [0.1, 0.15) is 50.5 Å². The summed E-state index contributed by atoms with van der Waals surface area (Å²) in [6, 6.07) is 8.23. The Bertz CT molecular complexity index is 615. The standard InChI is InChI=1S/C20H26N2O2/c1-21(17-6-3-2-4-7-17)19(23)14-11-16-9-12-18(13-10-16)22-15-5-8-20(22)24/h9-14,17H,2-8,15H2,1H3. The van der Waals surface area contributed by atoms with E-state index in [2.05, 4.69) is 0 Å². The van der Waals surface area contributed by atoms with Crippen LogP contribution in [0.2, 0.25) is 0 Å². The lowest BCUT2D eigenvalue weighted by Crippen LogP contribution is -2.37. The van der Waals surface area contributed by atoms with Crippen molar-refractivity contribution in [1.82, 2.24) is 4.90 Å². The molecule has 0 aromatic heterocycles. The molecule has 1 aliphatic carbocycles. The number of nitrogens with zero attached hydrogens (tertiary/aromatic N) is 2. The van der Waals surface area contributed by atoms with Crippen molar-refractivity contribution in [3.63, 3.8) is 0 Å². The monoisotopic (exact) mass is 326 g/mol. The number of hydrogen-bond donors (Lipinski definition) is 0.